The van der Waals surface area contributed by atoms with E-state index in [1.54, 1.807) is 0 Å². The van der Waals surface area contributed by atoms with Gasteiger partial charge in [-0.2, -0.15) is 13.2 Å². The molecule has 3 nitrogen and oxygen atoms in total. The second-order valence-corrected chi connectivity index (χ2v) is 5.46. The Morgan fingerprint density at radius 3 is 2.19 bits per heavy atom. The molecule has 0 amide bonds. The lowest BCUT2D eigenvalue weighted by molar-refractivity contribution is -0.153. The van der Waals surface area contributed by atoms with Crippen LogP contribution >= 0.6 is 0 Å². The van der Waals surface area contributed by atoms with Gasteiger partial charge in [0.25, 0.3) is 0 Å². The van der Waals surface area contributed by atoms with Crippen molar-refractivity contribution >= 4 is 5.97 Å². The van der Waals surface area contributed by atoms with Crippen LogP contribution in [0.25, 0.3) is 0 Å². The molecule has 0 spiro atoms. The average Bonchev–Trinajstić information content (AvgIpc) is 2.45. The third-order valence-electron chi connectivity index (χ3n) is 3.96. The minimum atomic E-state index is -4.38. The summed E-state index contributed by atoms with van der Waals surface area (Å²) in [6.07, 6.45) is -0.614. The molecular weight excluding hydrogens is 285 g/mol. The maximum atomic E-state index is 12.4. The van der Waals surface area contributed by atoms with E-state index in [0.29, 0.717) is 12.8 Å². The zero-order valence-corrected chi connectivity index (χ0v) is 11.4. The molecule has 0 aliphatic heterocycles. The molecular formula is C15H17F3O3. The molecule has 1 aliphatic carbocycles. The highest BCUT2D eigenvalue weighted by molar-refractivity contribution is 5.75. The van der Waals surface area contributed by atoms with Gasteiger partial charge in [-0.1, -0.05) is 19.3 Å². The smallest absolute Gasteiger partial charge is 0.416 e. The summed E-state index contributed by atoms with van der Waals surface area (Å²) >= 11 is 0. The Morgan fingerprint density at radius 1 is 1.14 bits per heavy atom. The number of benzene rings is 1. The number of carboxylic acids is 1. The van der Waals surface area contributed by atoms with Crippen molar-refractivity contribution in [3.63, 3.8) is 0 Å². The fourth-order valence-corrected chi connectivity index (χ4v) is 2.61. The second kappa shape index (κ2) is 5.95. The summed E-state index contributed by atoms with van der Waals surface area (Å²) < 4.78 is 42.8. The Hall–Kier alpha value is -1.72. The lowest BCUT2D eigenvalue weighted by Gasteiger charge is -2.32. The zero-order valence-electron chi connectivity index (χ0n) is 11.4. The van der Waals surface area contributed by atoms with Crippen LogP contribution in [-0.2, 0) is 11.0 Å². The molecule has 1 aromatic carbocycles. The van der Waals surface area contributed by atoms with Crippen molar-refractivity contribution in [3.05, 3.63) is 29.8 Å². The molecule has 0 heterocycles. The maximum Gasteiger partial charge on any atom is 0.416 e. The van der Waals surface area contributed by atoms with Gasteiger partial charge >= 0.3 is 12.1 Å². The normalized spacial score (nSPS) is 18.2. The van der Waals surface area contributed by atoms with Crippen LogP contribution in [0.4, 0.5) is 13.2 Å². The third-order valence-corrected chi connectivity index (χ3v) is 3.96. The molecule has 1 fully saturated rings. The van der Waals surface area contributed by atoms with Crippen LogP contribution in [0.15, 0.2) is 24.3 Å². The number of aliphatic carboxylic acids is 1. The van der Waals surface area contributed by atoms with Crippen LogP contribution in [0, 0.1) is 5.41 Å². The number of halogens is 3. The summed E-state index contributed by atoms with van der Waals surface area (Å²) in [5.74, 6) is -0.636. The first kappa shape index (κ1) is 15.7. The molecule has 0 bridgehead atoms. The van der Waals surface area contributed by atoms with Crippen LogP contribution < -0.4 is 4.74 Å². The molecule has 1 aromatic rings. The van der Waals surface area contributed by atoms with E-state index in [4.69, 9.17) is 4.74 Å². The third kappa shape index (κ3) is 3.68. The van der Waals surface area contributed by atoms with Gasteiger partial charge in [-0.25, -0.2) is 0 Å². The quantitative estimate of drug-likeness (QED) is 0.910. The Bertz CT molecular complexity index is 488. The number of carboxylic acid groups (broad SMARTS) is 1. The van der Waals surface area contributed by atoms with Crippen LogP contribution in [-0.4, -0.2) is 17.7 Å². The predicted molar refractivity (Wildman–Crippen MR) is 70.1 cm³/mol. The minimum Gasteiger partial charge on any atom is -0.492 e. The highest BCUT2D eigenvalue weighted by Crippen LogP contribution is 2.37. The van der Waals surface area contributed by atoms with Crippen molar-refractivity contribution in [1.29, 1.82) is 0 Å². The molecule has 1 saturated carbocycles. The van der Waals surface area contributed by atoms with E-state index in [1.807, 2.05) is 0 Å². The summed E-state index contributed by atoms with van der Waals surface area (Å²) in [6.45, 7) is -0.00625. The molecule has 1 N–H and O–H groups in total. The van der Waals surface area contributed by atoms with Gasteiger partial charge in [0.15, 0.2) is 0 Å². The van der Waals surface area contributed by atoms with Gasteiger partial charge < -0.3 is 9.84 Å². The molecule has 0 radical (unpaired) electrons. The monoisotopic (exact) mass is 302 g/mol. The van der Waals surface area contributed by atoms with E-state index >= 15 is 0 Å². The van der Waals surface area contributed by atoms with Crippen molar-refractivity contribution in [2.45, 2.75) is 38.3 Å². The highest BCUT2D eigenvalue weighted by Gasteiger charge is 2.40. The van der Waals surface area contributed by atoms with Crippen LogP contribution in [0.5, 0.6) is 5.75 Å². The average molecular weight is 302 g/mol. The van der Waals surface area contributed by atoms with E-state index in [0.717, 1.165) is 31.4 Å². The molecule has 0 aromatic heterocycles. The standard InChI is InChI=1S/C15H17F3O3/c16-15(17,18)11-4-6-12(7-5-11)21-10-14(13(19)20)8-2-1-3-9-14/h4-7H,1-3,8-10H2,(H,19,20). The van der Waals surface area contributed by atoms with Gasteiger partial charge in [0, 0.05) is 0 Å². The van der Waals surface area contributed by atoms with E-state index < -0.39 is 23.1 Å². The molecule has 0 unspecified atom stereocenters. The van der Waals surface area contributed by atoms with Crippen LogP contribution in [0.3, 0.4) is 0 Å². The summed E-state index contributed by atoms with van der Waals surface area (Å²) in [5.41, 5.74) is -1.67. The summed E-state index contributed by atoms with van der Waals surface area (Å²) in [5, 5.41) is 9.39. The molecule has 2 rings (SSSR count). The summed E-state index contributed by atoms with van der Waals surface area (Å²) in [7, 11) is 0. The Labute approximate surface area is 120 Å². The van der Waals surface area contributed by atoms with E-state index in [-0.39, 0.29) is 12.4 Å². The SMILES string of the molecule is O=C(O)C1(COc2ccc(C(F)(F)F)cc2)CCCCC1. The van der Waals surface area contributed by atoms with Gasteiger partial charge in [0.05, 0.1) is 5.56 Å². The number of alkyl halides is 3. The lowest BCUT2D eigenvalue weighted by Crippen LogP contribution is -2.38. The molecule has 6 heteroatoms. The topological polar surface area (TPSA) is 46.5 Å². The molecule has 0 saturated heterocycles. The van der Waals surface area contributed by atoms with Gasteiger partial charge in [-0.15, -0.1) is 0 Å². The van der Waals surface area contributed by atoms with Crippen molar-refractivity contribution in [1.82, 2.24) is 0 Å². The van der Waals surface area contributed by atoms with Crippen molar-refractivity contribution in [2.24, 2.45) is 5.41 Å². The van der Waals surface area contributed by atoms with E-state index in [2.05, 4.69) is 0 Å². The van der Waals surface area contributed by atoms with Crippen molar-refractivity contribution in [2.75, 3.05) is 6.61 Å². The highest BCUT2D eigenvalue weighted by atomic mass is 19.4. The van der Waals surface area contributed by atoms with Crippen LogP contribution in [0.2, 0.25) is 0 Å². The second-order valence-electron chi connectivity index (χ2n) is 5.46. The molecule has 1 aliphatic rings. The minimum absolute atomic E-state index is 0.00625. The maximum absolute atomic E-state index is 12.4. The zero-order chi connectivity index (χ0) is 15.5. The van der Waals surface area contributed by atoms with Crippen molar-refractivity contribution in [3.8, 4) is 5.75 Å². The number of rotatable bonds is 4. The first-order valence-corrected chi connectivity index (χ1v) is 6.87. The number of hydrogen-bond donors (Lipinski definition) is 1. The summed E-state index contributed by atoms with van der Waals surface area (Å²) in [6, 6.07) is 4.32. The number of carbonyl (C=O) groups is 1. The van der Waals surface area contributed by atoms with Crippen molar-refractivity contribution < 1.29 is 27.8 Å². The lowest BCUT2D eigenvalue weighted by atomic mass is 9.75. The molecule has 116 valence electrons. The first-order valence-electron chi connectivity index (χ1n) is 6.87. The molecule has 21 heavy (non-hydrogen) atoms. The Kier molecular flexibility index (Phi) is 4.44. The first-order chi connectivity index (χ1) is 9.83. The number of hydrogen-bond acceptors (Lipinski definition) is 2. The predicted octanol–water partition coefficient (Wildman–Crippen LogP) is 4.12. The van der Waals surface area contributed by atoms with Crippen LogP contribution in [0.1, 0.15) is 37.7 Å². The summed E-state index contributed by atoms with van der Waals surface area (Å²) in [4.78, 5) is 11.5. The van der Waals surface area contributed by atoms with E-state index in [1.165, 1.54) is 12.1 Å². The fraction of sp³-hybridized carbons (Fsp3) is 0.533. The number of ether oxygens (including phenoxy) is 1. The van der Waals surface area contributed by atoms with Gasteiger partial charge in [-0.3, -0.25) is 4.79 Å². The van der Waals surface area contributed by atoms with Gasteiger partial charge in [0.2, 0.25) is 0 Å². The fourth-order valence-electron chi connectivity index (χ4n) is 2.61. The van der Waals surface area contributed by atoms with Gasteiger partial charge in [-0.05, 0) is 37.1 Å². The van der Waals surface area contributed by atoms with E-state index in [9.17, 15) is 23.1 Å². The molecule has 0 atom stereocenters. The Balaban J connectivity index is 2.03. The Morgan fingerprint density at radius 2 is 1.71 bits per heavy atom. The largest absolute Gasteiger partial charge is 0.492 e. The van der Waals surface area contributed by atoms with Gasteiger partial charge in [0.1, 0.15) is 17.8 Å².